The molecule has 2 aromatic rings. The number of guanidine groups is 1. The van der Waals surface area contributed by atoms with Crippen LogP contribution in [0.1, 0.15) is 48.6 Å². The van der Waals surface area contributed by atoms with E-state index in [1.807, 2.05) is 26.0 Å². The minimum absolute atomic E-state index is 0.0201. The summed E-state index contributed by atoms with van der Waals surface area (Å²) in [5.41, 5.74) is -0.0176. The van der Waals surface area contributed by atoms with E-state index in [0.29, 0.717) is 5.56 Å². The van der Waals surface area contributed by atoms with Crippen LogP contribution in [0.15, 0.2) is 42.5 Å². The van der Waals surface area contributed by atoms with Crippen molar-refractivity contribution in [2.45, 2.75) is 37.5 Å². The van der Waals surface area contributed by atoms with Crippen molar-refractivity contribution in [1.29, 1.82) is 5.41 Å². The van der Waals surface area contributed by atoms with Crippen LogP contribution >= 0.6 is 0 Å². The van der Waals surface area contributed by atoms with Gasteiger partial charge in [0.25, 0.3) is 0 Å². The van der Waals surface area contributed by atoms with Crippen molar-refractivity contribution >= 4 is 16.0 Å². The minimum Gasteiger partial charge on any atom is -0.345 e. The summed E-state index contributed by atoms with van der Waals surface area (Å²) in [6, 6.07) is 10.1. The van der Waals surface area contributed by atoms with E-state index in [9.17, 15) is 17.2 Å². The van der Waals surface area contributed by atoms with Crippen LogP contribution in [0.2, 0.25) is 0 Å². The van der Waals surface area contributed by atoms with Crippen LogP contribution in [0.25, 0.3) is 0 Å². The third kappa shape index (κ3) is 3.15. The summed E-state index contributed by atoms with van der Waals surface area (Å²) in [4.78, 5) is 0. The average molecular weight is 407 g/mol. The Balaban J connectivity index is 2.24. The number of hydrogen-bond donors (Lipinski definition) is 2. The topological polar surface area (TPSA) is 73.3 Å². The van der Waals surface area contributed by atoms with Gasteiger partial charge in [-0.1, -0.05) is 44.2 Å². The van der Waals surface area contributed by atoms with Gasteiger partial charge in [-0.25, -0.2) is 21.5 Å². The van der Waals surface area contributed by atoms with E-state index >= 15 is 0 Å². The van der Waals surface area contributed by atoms with E-state index in [2.05, 4.69) is 5.32 Å². The summed E-state index contributed by atoms with van der Waals surface area (Å²) in [7, 11) is -2.76. The Kier molecular flexibility index (Phi) is 4.95. The second kappa shape index (κ2) is 6.84. The first-order valence-corrected chi connectivity index (χ1v) is 10.4. The molecule has 1 aliphatic heterocycles. The standard InChI is InChI=1S/C20H23F2N3O2S/c1-12(2)13-5-7-14(8-6-13)18-20(3,16-10-9-15(21)11-17(16)22)24-19(23)25(4)28(18,26)27/h5-12,18H,1-4H3,(H2,23,24)/t18-,20-/m1/s1. The maximum absolute atomic E-state index is 14.7. The van der Waals surface area contributed by atoms with Crippen LogP contribution in [0.4, 0.5) is 8.78 Å². The highest BCUT2D eigenvalue weighted by molar-refractivity contribution is 7.90. The Bertz CT molecular complexity index is 1020. The van der Waals surface area contributed by atoms with Crippen molar-refractivity contribution in [3.05, 3.63) is 70.8 Å². The highest BCUT2D eigenvalue weighted by Gasteiger charge is 2.53. The van der Waals surface area contributed by atoms with Crippen LogP contribution in [-0.4, -0.2) is 25.7 Å². The molecule has 0 unspecified atom stereocenters. The van der Waals surface area contributed by atoms with Crippen molar-refractivity contribution in [3.63, 3.8) is 0 Å². The number of sulfonamides is 1. The molecule has 0 aliphatic carbocycles. The molecule has 1 saturated heterocycles. The highest BCUT2D eigenvalue weighted by atomic mass is 32.2. The lowest BCUT2D eigenvalue weighted by molar-refractivity contribution is 0.344. The van der Waals surface area contributed by atoms with Gasteiger partial charge >= 0.3 is 0 Å². The Morgan fingerprint density at radius 1 is 1.14 bits per heavy atom. The zero-order valence-corrected chi connectivity index (χ0v) is 16.9. The highest BCUT2D eigenvalue weighted by Crippen LogP contribution is 2.45. The molecule has 0 spiro atoms. The molecule has 2 atom stereocenters. The molecule has 0 radical (unpaired) electrons. The molecule has 1 heterocycles. The second-order valence-electron chi connectivity index (χ2n) is 7.51. The monoisotopic (exact) mass is 407 g/mol. The molecule has 3 rings (SSSR count). The smallest absolute Gasteiger partial charge is 0.246 e. The summed E-state index contributed by atoms with van der Waals surface area (Å²) in [6.45, 7) is 5.57. The van der Waals surface area contributed by atoms with E-state index in [1.54, 1.807) is 12.1 Å². The van der Waals surface area contributed by atoms with Gasteiger partial charge in [-0.3, -0.25) is 5.41 Å². The van der Waals surface area contributed by atoms with Crippen molar-refractivity contribution in [1.82, 2.24) is 9.62 Å². The number of hydrogen-bond acceptors (Lipinski definition) is 3. The van der Waals surface area contributed by atoms with Crippen LogP contribution in [0.5, 0.6) is 0 Å². The van der Waals surface area contributed by atoms with Crippen LogP contribution in [-0.2, 0) is 15.6 Å². The van der Waals surface area contributed by atoms with Gasteiger partial charge in [0.2, 0.25) is 16.0 Å². The lowest BCUT2D eigenvalue weighted by Crippen LogP contribution is -2.62. The van der Waals surface area contributed by atoms with Crippen LogP contribution in [0.3, 0.4) is 0 Å². The third-order valence-electron chi connectivity index (χ3n) is 5.29. The first-order chi connectivity index (χ1) is 13.0. The molecular formula is C20H23F2N3O2S. The quantitative estimate of drug-likeness (QED) is 0.812. The minimum atomic E-state index is -4.03. The Labute approximate surface area is 163 Å². The number of rotatable bonds is 3. The molecule has 2 aromatic carbocycles. The predicted octanol–water partition coefficient (Wildman–Crippen LogP) is 3.84. The van der Waals surface area contributed by atoms with Gasteiger partial charge in [-0.2, -0.15) is 0 Å². The molecule has 150 valence electrons. The Morgan fingerprint density at radius 2 is 1.75 bits per heavy atom. The fourth-order valence-corrected chi connectivity index (χ4v) is 5.55. The summed E-state index contributed by atoms with van der Waals surface area (Å²) in [6.07, 6.45) is 0. The molecule has 0 saturated carbocycles. The van der Waals surface area contributed by atoms with Crippen molar-refractivity contribution in [2.75, 3.05) is 7.05 Å². The number of benzene rings is 2. The van der Waals surface area contributed by atoms with Crippen LogP contribution < -0.4 is 5.32 Å². The lowest BCUT2D eigenvalue weighted by atomic mass is 9.84. The molecule has 0 bridgehead atoms. The van der Waals surface area contributed by atoms with E-state index in [0.717, 1.165) is 22.0 Å². The molecule has 1 fully saturated rings. The van der Waals surface area contributed by atoms with Crippen molar-refractivity contribution in [3.8, 4) is 0 Å². The van der Waals surface area contributed by atoms with Crippen molar-refractivity contribution in [2.24, 2.45) is 0 Å². The lowest BCUT2D eigenvalue weighted by Gasteiger charge is -2.46. The maximum Gasteiger partial charge on any atom is 0.246 e. The van der Waals surface area contributed by atoms with E-state index in [4.69, 9.17) is 5.41 Å². The Morgan fingerprint density at radius 3 is 2.29 bits per heavy atom. The fourth-order valence-electron chi connectivity index (χ4n) is 3.65. The Hall–Kier alpha value is -2.48. The van der Waals surface area contributed by atoms with Gasteiger partial charge in [0.05, 0.1) is 5.54 Å². The zero-order valence-electron chi connectivity index (χ0n) is 16.1. The van der Waals surface area contributed by atoms with Gasteiger partial charge in [-0.05, 0) is 30.0 Å². The largest absolute Gasteiger partial charge is 0.345 e. The molecule has 0 aromatic heterocycles. The predicted molar refractivity (Wildman–Crippen MR) is 105 cm³/mol. The summed E-state index contributed by atoms with van der Waals surface area (Å²) in [5, 5.41) is 9.67. The molecular weight excluding hydrogens is 384 g/mol. The van der Waals surface area contributed by atoms with E-state index in [-0.39, 0.29) is 17.4 Å². The van der Waals surface area contributed by atoms with E-state index in [1.165, 1.54) is 20.0 Å². The molecule has 2 N–H and O–H groups in total. The third-order valence-corrected chi connectivity index (χ3v) is 7.58. The molecule has 1 aliphatic rings. The van der Waals surface area contributed by atoms with Crippen LogP contribution in [0, 0.1) is 17.0 Å². The normalized spacial score (nSPS) is 24.3. The summed E-state index contributed by atoms with van der Waals surface area (Å²) >= 11 is 0. The number of halogens is 2. The first kappa shape index (κ1) is 20.3. The zero-order chi connectivity index (χ0) is 20.9. The molecule has 8 heteroatoms. The number of nitrogens with zero attached hydrogens (tertiary/aromatic N) is 1. The SMILES string of the molecule is CC(C)c1ccc([C@@H]2[C@@](C)(c3ccc(F)cc3F)NC(=N)N(C)S2(=O)=O)cc1. The van der Waals surface area contributed by atoms with Gasteiger partial charge in [0.1, 0.15) is 16.9 Å². The fraction of sp³-hybridized carbons (Fsp3) is 0.350. The van der Waals surface area contributed by atoms with Gasteiger partial charge < -0.3 is 5.32 Å². The summed E-state index contributed by atoms with van der Waals surface area (Å²) < 4.78 is 55.5. The average Bonchev–Trinajstić information content (AvgIpc) is 2.60. The first-order valence-electron chi connectivity index (χ1n) is 8.88. The second-order valence-corrected chi connectivity index (χ2v) is 9.56. The maximum atomic E-state index is 14.7. The molecule has 5 nitrogen and oxygen atoms in total. The summed E-state index contributed by atoms with van der Waals surface area (Å²) in [5.74, 6) is -1.73. The number of nitrogens with one attached hydrogen (secondary N) is 2. The molecule has 28 heavy (non-hydrogen) atoms. The van der Waals surface area contributed by atoms with E-state index < -0.39 is 32.4 Å². The van der Waals surface area contributed by atoms with Crippen molar-refractivity contribution < 1.29 is 17.2 Å². The van der Waals surface area contributed by atoms with Gasteiger partial charge in [-0.15, -0.1) is 0 Å². The van der Waals surface area contributed by atoms with Gasteiger partial charge in [0.15, 0.2) is 0 Å². The molecule has 0 amide bonds. The van der Waals surface area contributed by atoms with Gasteiger partial charge in [0, 0.05) is 18.7 Å².